The lowest BCUT2D eigenvalue weighted by atomic mass is 10.1. The Bertz CT molecular complexity index is 663. The van der Waals surface area contributed by atoms with Gasteiger partial charge < -0.3 is 10.1 Å². The van der Waals surface area contributed by atoms with Crippen molar-refractivity contribution < 1.29 is 4.74 Å². The van der Waals surface area contributed by atoms with E-state index in [-0.39, 0.29) is 5.56 Å². The molecule has 0 saturated heterocycles. The van der Waals surface area contributed by atoms with Crippen LogP contribution in [0.1, 0.15) is 25.3 Å². The molecule has 1 heterocycles. The first-order valence-electron chi connectivity index (χ1n) is 7.58. The molecule has 1 N–H and O–H groups in total. The number of methoxy groups -OCH3 is 1. The van der Waals surface area contributed by atoms with Gasteiger partial charge in [-0.15, -0.1) is 0 Å². The van der Waals surface area contributed by atoms with Crippen molar-refractivity contribution in [2.24, 2.45) is 7.05 Å². The first-order valence-corrected chi connectivity index (χ1v) is 7.58. The summed E-state index contributed by atoms with van der Waals surface area (Å²) in [5.41, 5.74) is 2.43. The van der Waals surface area contributed by atoms with E-state index in [0.29, 0.717) is 6.54 Å². The van der Waals surface area contributed by atoms with Gasteiger partial charge in [0.1, 0.15) is 5.75 Å². The van der Waals surface area contributed by atoms with Crippen LogP contribution in [-0.2, 0) is 13.6 Å². The Balaban J connectivity index is 2.24. The lowest BCUT2D eigenvalue weighted by molar-refractivity contribution is 0.415. The second-order valence-corrected chi connectivity index (χ2v) is 5.24. The van der Waals surface area contributed by atoms with Crippen LogP contribution in [0.4, 0.5) is 0 Å². The fourth-order valence-corrected chi connectivity index (χ4v) is 2.22. The van der Waals surface area contributed by atoms with Crippen molar-refractivity contribution >= 4 is 0 Å². The van der Waals surface area contributed by atoms with Gasteiger partial charge in [-0.05, 0) is 43.3 Å². The van der Waals surface area contributed by atoms with Gasteiger partial charge in [0.2, 0.25) is 0 Å². The Morgan fingerprint density at radius 3 is 2.64 bits per heavy atom. The van der Waals surface area contributed by atoms with Crippen molar-refractivity contribution in [1.29, 1.82) is 0 Å². The molecule has 1 aromatic heterocycles. The van der Waals surface area contributed by atoms with Crippen LogP contribution in [0.25, 0.3) is 11.3 Å². The average Bonchev–Trinajstić information content (AvgIpc) is 2.55. The Labute approximate surface area is 130 Å². The highest BCUT2D eigenvalue weighted by molar-refractivity contribution is 5.60. The third-order valence-electron chi connectivity index (χ3n) is 3.55. The molecule has 0 radical (unpaired) electrons. The first-order chi connectivity index (χ1) is 10.7. The molecule has 2 aromatic rings. The van der Waals surface area contributed by atoms with E-state index in [1.807, 2.05) is 30.3 Å². The summed E-state index contributed by atoms with van der Waals surface area (Å²) < 4.78 is 6.56. The molecule has 1 aromatic carbocycles. The minimum atomic E-state index is -0.0544. The maximum absolute atomic E-state index is 12.2. The van der Waals surface area contributed by atoms with Crippen LogP contribution in [-0.4, -0.2) is 23.4 Å². The number of nitrogens with zero attached hydrogens (tertiary/aromatic N) is 2. The van der Waals surface area contributed by atoms with Gasteiger partial charge in [0.25, 0.3) is 5.56 Å². The molecule has 0 fully saturated rings. The van der Waals surface area contributed by atoms with E-state index in [4.69, 9.17) is 4.74 Å². The molecule has 0 aliphatic rings. The molecule has 0 saturated carbocycles. The summed E-state index contributed by atoms with van der Waals surface area (Å²) in [6.45, 7) is 3.63. The molecule has 0 aliphatic carbocycles. The highest BCUT2D eigenvalue weighted by Crippen LogP contribution is 2.20. The van der Waals surface area contributed by atoms with Crippen molar-refractivity contribution in [3.05, 3.63) is 46.2 Å². The van der Waals surface area contributed by atoms with Crippen LogP contribution in [0.15, 0.2) is 35.1 Å². The molecule has 0 atom stereocenters. The second-order valence-electron chi connectivity index (χ2n) is 5.24. The van der Waals surface area contributed by atoms with Crippen LogP contribution in [0.2, 0.25) is 0 Å². The summed E-state index contributed by atoms with van der Waals surface area (Å²) in [7, 11) is 3.32. The zero-order valence-electron chi connectivity index (χ0n) is 13.4. The van der Waals surface area contributed by atoms with E-state index in [1.54, 1.807) is 14.2 Å². The van der Waals surface area contributed by atoms with E-state index >= 15 is 0 Å². The molecule has 5 nitrogen and oxygen atoms in total. The predicted molar refractivity (Wildman–Crippen MR) is 88.1 cm³/mol. The van der Waals surface area contributed by atoms with Crippen molar-refractivity contribution in [3.8, 4) is 17.0 Å². The minimum Gasteiger partial charge on any atom is -0.497 e. The predicted octanol–water partition coefficient (Wildman–Crippen LogP) is 2.35. The number of unbranched alkanes of at least 4 members (excludes halogenated alkanes) is 1. The number of nitrogens with one attached hydrogen (secondary N) is 1. The zero-order chi connectivity index (χ0) is 15.9. The number of hydrogen-bond donors (Lipinski definition) is 1. The first kappa shape index (κ1) is 16.2. The number of ether oxygens (including phenoxy) is 1. The summed E-state index contributed by atoms with van der Waals surface area (Å²) in [6, 6.07) is 9.53. The van der Waals surface area contributed by atoms with Crippen molar-refractivity contribution in [2.75, 3.05) is 13.7 Å². The highest BCUT2D eigenvalue weighted by Gasteiger charge is 2.08. The molecule has 2 rings (SSSR count). The normalized spacial score (nSPS) is 10.7. The quantitative estimate of drug-likeness (QED) is 0.798. The molecule has 118 valence electrons. The van der Waals surface area contributed by atoms with Gasteiger partial charge in [-0.2, -0.15) is 5.10 Å². The van der Waals surface area contributed by atoms with Crippen LogP contribution >= 0.6 is 0 Å². The largest absolute Gasteiger partial charge is 0.497 e. The van der Waals surface area contributed by atoms with Crippen molar-refractivity contribution in [1.82, 2.24) is 15.1 Å². The van der Waals surface area contributed by atoms with Crippen LogP contribution in [0, 0.1) is 0 Å². The minimum absolute atomic E-state index is 0.0544. The second kappa shape index (κ2) is 7.75. The van der Waals surface area contributed by atoms with Crippen molar-refractivity contribution in [2.45, 2.75) is 26.3 Å². The van der Waals surface area contributed by atoms with E-state index in [1.165, 1.54) is 4.68 Å². The molecular weight excluding hydrogens is 278 g/mol. The Kier molecular flexibility index (Phi) is 5.72. The van der Waals surface area contributed by atoms with E-state index in [0.717, 1.165) is 42.0 Å². The average molecular weight is 301 g/mol. The fourth-order valence-electron chi connectivity index (χ4n) is 2.22. The summed E-state index contributed by atoms with van der Waals surface area (Å²) in [5.74, 6) is 0.801. The number of aromatic nitrogens is 2. The van der Waals surface area contributed by atoms with Gasteiger partial charge in [0.05, 0.1) is 12.8 Å². The van der Waals surface area contributed by atoms with E-state index in [9.17, 15) is 4.79 Å². The highest BCUT2D eigenvalue weighted by atomic mass is 16.5. The molecule has 5 heteroatoms. The van der Waals surface area contributed by atoms with Gasteiger partial charge in [0, 0.05) is 24.7 Å². The smallest absolute Gasteiger partial charge is 0.271 e. The molecule has 22 heavy (non-hydrogen) atoms. The number of rotatable bonds is 7. The summed E-state index contributed by atoms with van der Waals surface area (Å²) >= 11 is 0. The molecule has 0 amide bonds. The number of hydrogen-bond acceptors (Lipinski definition) is 4. The molecule has 0 bridgehead atoms. The zero-order valence-corrected chi connectivity index (χ0v) is 13.4. The van der Waals surface area contributed by atoms with Gasteiger partial charge in [-0.25, -0.2) is 4.68 Å². The maximum atomic E-state index is 12.2. The van der Waals surface area contributed by atoms with Gasteiger partial charge in [-0.1, -0.05) is 13.3 Å². The Hall–Kier alpha value is -2.14. The summed E-state index contributed by atoms with van der Waals surface area (Å²) in [4.78, 5) is 12.2. The lowest BCUT2D eigenvalue weighted by Gasteiger charge is -2.09. The number of benzene rings is 1. The summed E-state index contributed by atoms with van der Waals surface area (Å²) in [6.07, 6.45) is 2.25. The number of aryl methyl sites for hydroxylation is 1. The molecular formula is C17H23N3O2. The van der Waals surface area contributed by atoms with Crippen LogP contribution in [0.3, 0.4) is 0 Å². The lowest BCUT2D eigenvalue weighted by Crippen LogP contribution is -2.28. The van der Waals surface area contributed by atoms with Gasteiger partial charge >= 0.3 is 0 Å². The van der Waals surface area contributed by atoms with Crippen LogP contribution < -0.4 is 15.6 Å². The fraction of sp³-hybridized carbons (Fsp3) is 0.412. The standard InChI is InChI=1S/C17H23N3O2/c1-4-5-10-18-12-14-11-16(19-20(2)17(14)21)13-6-8-15(22-3)9-7-13/h6-9,11,18H,4-5,10,12H2,1-3H3. The molecule has 0 unspecified atom stereocenters. The van der Waals surface area contributed by atoms with E-state index < -0.39 is 0 Å². The SMILES string of the molecule is CCCCNCc1cc(-c2ccc(OC)cc2)nn(C)c1=O. The molecule has 0 spiro atoms. The maximum Gasteiger partial charge on any atom is 0.271 e. The summed E-state index contributed by atoms with van der Waals surface area (Å²) in [5, 5.41) is 7.65. The van der Waals surface area contributed by atoms with Crippen LogP contribution in [0.5, 0.6) is 5.75 Å². The third-order valence-corrected chi connectivity index (χ3v) is 3.55. The van der Waals surface area contributed by atoms with Gasteiger partial charge in [-0.3, -0.25) is 4.79 Å². The topological polar surface area (TPSA) is 56.1 Å². The van der Waals surface area contributed by atoms with Gasteiger partial charge in [0.15, 0.2) is 0 Å². The third kappa shape index (κ3) is 3.95. The monoisotopic (exact) mass is 301 g/mol. The Morgan fingerprint density at radius 2 is 2.00 bits per heavy atom. The molecule has 0 aliphatic heterocycles. The Morgan fingerprint density at radius 1 is 1.27 bits per heavy atom. The van der Waals surface area contributed by atoms with Crippen molar-refractivity contribution in [3.63, 3.8) is 0 Å². The van der Waals surface area contributed by atoms with E-state index in [2.05, 4.69) is 17.3 Å².